The van der Waals surface area contributed by atoms with E-state index in [1.54, 1.807) is 6.92 Å². The summed E-state index contributed by atoms with van der Waals surface area (Å²) in [7, 11) is 0. The molecule has 0 spiro atoms. The van der Waals surface area contributed by atoms with Crippen LogP contribution in [0.15, 0.2) is 28.8 Å². The molecule has 2 aliphatic heterocycles. The van der Waals surface area contributed by atoms with E-state index in [4.69, 9.17) is 4.52 Å². The van der Waals surface area contributed by atoms with Crippen LogP contribution in [0, 0.1) is 12.8 Å². The molecule has 1 atom stereocenters. The average Bonchev–Trinajstić information content (AvgIpc) is 3.31. The molecule has 0 aliphatic carbocycles. The molecule has 1 N–H and O–H groups in total. The number of nitrogens with one attached hydrogen (secondary N) is 1. The molecule has 2 fully saturated rings. The van der Waals surface area contributed by atoms with Crippen LogP contribution in [0.25, 0.3) is 0 Å². The van der Waals surface area contributed by atoms with Gasteiger partial charge >= 0.3 is 0 Å². The maximum absolute atomic E-state index is 13.1. The van der Waals surface area contributed by atoms with Crippen LogP contribution >= 0.6 is 0 Å². The molecule has 2 aromatic rings. The Morgan fingerprint density at radius 2 is 2.15 bits per heavy atom. The fourth-order valence-corrected chi connectivity index (χ4v) is 4.13. The first-order valence-electron chi connectivity index (χ1n) is 9.61. The summed E-state index contributed by atoms with van der Waals surface area (Å²) in [4.78, 5) is 19.3. The lowest BCUT2D eigenvalue weighted by Gasteiger charge is -2.24. The van der Waals surface area contributed by atoms with E-state index in [9.17, 15) is 4.79 Å². The Hall–Kier alpha value is -2.21. The number of likely N-dealkylation sites (tertiary alicyclic amines) is 1. The van der Waals surface area contributed by atoms with Crippen molar-refractivity contribution in [1.29, 1.82) is 0 Å². The third-order valence-electron chi connectivity index (χ3n) is 5.50. The minimum Gasteiger partial charge on any atom is -0.337 e. The molecule has 0 bridgehead atoms. The van der Waals surface area contributed by atoms with Gasteiger partial charge in [0.05, 0.1) is 0 Å². The zero-order chi connectivity index (χ0) is 17.9. The number of benzene rings is 1. The number of hydrogen-bond donors (Lipinski definition) is 1. The van der Waals surface area contributed by atoms with Gasteiger partial charge in [-0.2, -0.15) is 4.98 Å². The molecule has 1 amide bonds. The molecule has 1 aromatic heterocycles. The Labute approximate surface area is 154 Å². The second-order valence-electron chi connectivity index (χ2n) is 7.43. The van der Waals surface area contributed by atoms with Gasteiger partial charge in [-0.25, -0.2) is 0 Å². The summed E-state index contributed by atoms with van der Waals surface area (Å²) in [6.07, 6.45) is 5.32. The third kappa shape index (κ3) is 3.65. The molecule has 6 heteroatoms. The fourth-order valence-electron chi connectivity index (χ4n) is 4.13. The first kappa shape index (κ1) is 17.2. The van der Waals surface area contributed by atoms with Crippen LogP contribution in [-0.2, 0) is 6.42 Å². The van der Waals surface area contributed by atoms with Crippen molar-refractivity contribution in [3.8, 4) is 0 Å². The van der Waals surface area contributed by atoms with E-state index in [2.05, 4.69) is 27.6 Å². The molecule has 3 heterocycles. The van der Waals surface area contributed by atoms with Crippen molar-refractivity contribution in [3.63, 3.8) is 0 Å². The predicted octanol–water partition coefficient (Wildman–Crippen LogP) is 2.90. The number of hydrogen-bond acceptors (Lipinski definition) is 5. The van der Waals surface area contributed by atoms with Gasteiger partial charge in [0.15, 0.2) is 5.82 Å². The summed E-state index contributed by atoms with van der Waals surface area (Å²) >= 11 is 0. The molecule has 0 radical (unpaired) electrons. The van der Waals surface area contributed by atoms with Gasteiger partial charge in [0.25, 0.3) is 5.91 Å². The van der Waals surface area contributed by atoms with Gasteiger partial charge in [-0.3, -0.25) is 4.79 Å². The van der Waals surface area contributed by atoms with Gasteiger partial charge in [0.1, 0.15) is 6.04 Å². The van der Waals surface area contributed by atoms with Crippen molar-refractivity contribution in [2.75, 3.05) is 19.6 Å². The van der Waals surface area contributed by atoms with E-state index in [0.717, 1.165) is 44.5 Å². The van der Waals surface area contributed by atoms with Crippen LogP contribution in [0.4, 0.5) is 0 Å². The molecule has 0 saturated carbocycles. The molecule has 26 heavy (non-hydrogen) atoms. The van der Waals surface area contributed by atoms with Crippen LogP contribution in [0.3, 0.4) is 0 Å². The lowest BCUT2D eigenvalue weighted by Crippen LogP contribution is -2.31. The Morgan fingerprint density at radius 3 is 2.92 bits per heavy atom. The molecular weight excluding hydrogens is 328 g/mol. The number of nitrogens with zero attached hydrogens (tertiary/aromatic N) is 3. The number of piperidine rings is 1. The normalized spacial score (nSPS) is 21.3. The zero-order valence-electron chi connectivity index (χ0n) is 15.3. The van der Waals surface area contributed by atoms with Gasteiger partial charge in [-0.15, -0.1) is 0 Å². The molecule has 4 rings (SSSR count). The quantitative estimate of drug-likeness (QED) is 0.914. The number of carbonyl (C=O) groups excluding carboxylic acids is 1. The van der Waals surface area contributed by atoms with Gasteiger partial charge < -0.3 is 14.7 Å². The standard InChI is InChI=1S/C20H26N4O2/c1-14-22-19(26-23-14)18-6-3-11-24(18)20(25)17-5-2-4-16(13-17)12-15-7-9-21-10-8-15/h2,4-5,13,15,18,21H,3,6-12H2,1H3/t18-/m0/s1. The maximum atomic E-state index is 13.1. The second-order valence-corrected chi connectivity index (χ2v) is 7.43. The number of carbonyl (C=O) groups is 1. The highest BCUT2D eigenvalue weighted by Gasteiger charge is 2.34. The Kier molecular flexibility index (Phi) is 5.02. The molecule has 6 nitrogen and oxygen atoms in total. The molecule has 138 valence electrons. The van der Waals surface area contributed by atoms with Crippen LogP contribution in [0.5, 0.6) is 0 Å². The van der Waals surface area contributed by atoms with Crippen LogP contribution in [0.2, 0.25) is 0 Å². The van der Waals surface area contributed by atoms with Gasteiger partial charge in [0, 0.05) is 12.1 Å². The van der Waals surface area contributed by atoms with Gasteiger partial charge in [-0.1, -0.05) is 17.3 Å². The number of rotatable bonds is 4. The highest BCUT2D eigenvalue weighted by atomic mass is 16.5. The maximum Gasteiger partial charge on any atom is 0.254 e. The van der Waals surface area contributed by atoms with Crippen LogP contribution in [0.1, 0.15) is 59.4 Å². The molecular formula is C20H26N4O2. The van der Waals surface area contributed by atoms with Crippen molar-refractivity contribution in [2.24, 2.45) is 5.92 Å². The summed E-state index contributed by atoms with van der Waals surface area (Å²) < 4.78 is 5.33. The van der Waals surface area contributed by atoms with Crippen molar-refractivity contribution in [1.82, 2.24) is 20.4 Å². The van der Waals surface area contributed by atoms with Crippen molar-refractivity contribution >= 4 is 5.91 Å². The molecule has 2 saturated heterocycles. The van der Waals surface area contributed by atoms with Crippen molar-refractivity contribution < 1.29 is 9.32 Å². The van der Waals surface area contributed by atoms with Crippen LogP contribution in [-0.4, -0.2) is 40.6 Å². The fraction of sp³-hybridized carbons (Fsp3) is 0.550. The Balaban J connectivity index is 1.49. The highest BCUT2D eigenvalue weighted by Crippen LogP contribution is 2.32. The summed E-state index contributed by atoms with van der Waals surface area (Å²) in [5.74, 6) is 1.94. The summed E-state index contributed by atoms with van der Waals surface area (Å²) in [6.45, 7) is 4.74. The zero-order valence-corrected chi connectivity index (χ0v) is 15.3. The van der Waals surface area contributed by atoms with E-state index in [1.165, 1.54) is 18.4 Å². The lowest BCUT2D eigenvalue weighted by atomic mass is 9.90. The second kappa shape index (κ2) is 7.58. The molecule has 2 aliphatic rings. The van der Waals surface area contributed by atoms with E-state index >= 15 is 0 Å². The van der Waals surface area contributed by atoms with Crippen molar-refractivity contribution in [2.45, 2.75) is 45.1 Å². The van der Waals surface area contributed by atoms with E-state index in [0.29, 0.717) is 17.6 Å². The summed E-state index contributed by atoms with van der Waals surface area (Å²) in [5, 5.41) is 7.29. The van der Waals surface area contributed by atoms with Gasteiger partial charge in [0.2, 0.25) is 5.89 Å². The minimum absolute atomic E-state index is 0.0653. The first-order chi connectivity index (χ1) is 12.7. The van der Waals surface area contributed by atoms with Crippen molar-refractivity contribution in [3.05, 3.63) is 47.1 Å². The number of aromatic nitrogens is 2. The smallest absolute Gasteiger partial charge is 0.254 e. The van der Waals surface area contributed by atoms with Crippen LogP contribution < -0.4 is 5.32 Å². The topological polar surface area (TPSA) is 71.3 Å². The van der Waals surface area contributed by atoms with Gasteiger partial charge in [-0.05, 0) is 75.7 Å². The molecule has 1 aromatic carbocycles. The monoisotopic (exact) mass is 354 g/mol. The number of amides is 1. The lowest BCUT2D eigenvalue weighted by molar-refractivity contribution is 0.0710. The SMILES string of the molecule is Cc1noc([C@@H]2CCCN2C(=O)c2cccc(CC3CCNCC3)c2)n1. The Morgan fingerprint density at radius 1 is 1.31 bits per heavy atom. The first-order valence-corrected chi connectivity index (χ1v) is 9.61. The summed E-state index contributed by atoms with van der Waals surface area (Å²) in [5.41, 5.74) is 2.02. The van der Waals surface area contributed by atoms with E-state index in [-0.39, 0.29) is 11.9 Å². The largest absolute Gasteiger partial charge is 0.337 e. The predicted molar refractivity (Wildman–Crippen MR) is 97.8 cm³/mol. The average molecular weight is 354 g/mol. The van der Waals surface area contributed by atoms with E-state index in [1.807, 2.05) is 17.0 Å². The highest BCUT2D eigenvalue weighted by molar-refractivity contribution is 5.94. The minimum atomic E-state index is -0.100. The molecule has 0 unspecified atom stereocenters. The summed E-state index contributed by atoms with van der Waals surface area (Å²) in [6, 6.07) is 8.03. The number of aryl methyl sites for hydroxylation is 1. The third-order valence-corrected chi connectivity index (χ3v) is 5.50. The van der Waals surface area contributed by atoms with E-state index < -0.39 is 0 Å². The Bertz CT molecular complexity index is 767.